The number of carbonyl (C=O) groups is 2. The average Bonchev–Trinajstić information content (AvgIpc) is 2.55. The Kier molecular flexibility index (Phi) is 6.38. The summed E-state index contributed by atoms with van der Waals surface area (Å²) in [4.78, 5) is 24.1. The SMILES string of the molecule is Cc1ccccc1C(=O)NCCC(=O)NC(C)c1ccc(Cl)cc1. The molecule has 4 nitrogen and oxygen atoms in total. The summed E-state index contributed by atoms with van der Waals surface area (Å²) in [6, 6.07) is 14.6. The molecule has 0 heterocycles. The van der Waals surface area contributed by atoms with Crippen molar-refractivity contribution in [3.63, 3.8) is 0 Å². The molecule has 1 atom stereocenters. The Hall–Kier alpha value is -2.33. The lowest BCUT2D eigenvalue weighted by molar-refractivity contribution is -0.121. The quantitative estimate of drug-likeness (QED) is 0.840. The second-order valence-corrected chi connectivity index (χ2v) is 6.10. The van der Waals surface area contributed by atoms with Crippen LogP contribution in [0.4, 0.5) is 0 Å². The maximum absolute atomic E-state index is 12.1. The molecule has 2 rings (SSSR count). The molecule has 2 N–H and O–H groups in total. The fourth-order valence-corrected chi connectivity index (χ4v) is 2.49. The Morgan fingerprint density at radius 2 is 1.75 bits per heavy atom. The number of nitrogens with one attached hydrogen (secondary N) is 2. The molecular weight excluding hydrogens is 324 g/mol. The smallest absolute Gasteiger partial charge is 0.251 e. The van der Waals surface area contributed by atoms with Gasteiger partial charge in [0.15, 0.2) is 0 Å². The topological polar surface area (TPSA) is 58.2 Å². The number of amides is 2. The summed E-state index contributed by atoms with van der Waals surface area (Å²) in [5.74, 6) is -0.269. The van der Waals surface area contributed by atoms with Crippen molar-refractivity contribution in [1.82, 2.24) is 10.6 Å². The van der Waals surface area contributed by atoms with Crippen molar-refractivity contribution in [2.75, 3.05) is 6.54 Å². The second kappa shape index (κ2) is 8.50. The molecule has 2 aromatic carbocycles. The lowest BCUT2D eigenvalue weighted by atomic mass is 10.1. The van der Waals surface area contributed by atoms with Crippen LogP contribution in [-0.2, 0) is 4.79 Å². The molecule has 0 aliphatic carbocycles. The van der Waals surface area contributed by atoms with Crippen LogP contribution >= 0.6 is 11.6 Å². The number of carbonyl (C=O) groups excluding carboxylic acids is 2. The van der Waals surface area contributed by atoms with E-state index >= 15 is 0 Å². The molecular formula is C19H21ClN2O2. The first-order chi connectivity index (χ1) is 11.5. The van der Waals surface area contributed by atoms with Crippen LogP contribution in [0.5, 0.6) is 0 Å². The van der Waals surface area contributed by atoms with E-state index in [0.29, 0.717) is 17.1 Å². The molecule has 126 valence electrons. The van der Waals surface area contributed by atoms with Crippen LogP contribution in [0.1, 0.15) is 40.9 Å². The van der Waals surface area contributed by atoms with Crippen molar-refractivity contribution >= 4 is 23.4 Å². The van der Waals surface area contributed by atoms with Crippen LogP contribution in [0.15, 0.2) is 48.5 Å². The molecule has 24 heavy (non-hydrogen) atoms. The van der Waals surface area contributed by atoms with Gasteiger partial charge in [0.25, 0.3) is 5.91 Å². The van der Waals surface area contributed by atoms with E-state index in [1.807, 2.05) is 44.2 Å². The zero-order chi connectivity index (χ0) is 17.5. The maximum Gasteiger partial charge on any atom is 0.251 e. The third-order valence-corrected chi connectivity index (χ3v) is 4.03. The summed E-state index contributed by atoms with van der Waals surface area (Å²) < 4.78 is 0. The van der Waals surface area contributed by atoms with Crippen LogP contribution < -0.4 is 10.6 Å². The summed E-state index contributed by atoms with van der Waals surface area (Å²) in [7, 11) is 0. The van der Waals surface area contributed by atoms with Gasteiger partial charge < -0.3 is 10.6 Å². The molecule has 0 aliphatic heterocycles. The standard InChI is InChI=1S/C19H21ClN2O2/c1-13-5-3-4-6-17(13)19(24)21-12-11-18(23)22-14(2)15-7-9-16(20)10-8-15/h3-10,14H,11-12H2,1-2H3,(H,21,24)(H,22,23). The minimum atomic E-state index is -0.161. The zero-order valence-corrected chi connectivity index (χ0v) is 14.6. The Labute approximate surface area is 147 Å². The molecule has 0 spiro atoms. The average molecular weight is 345 g/mol. The third-order valence-electron chi connectivity index (χ3n) is 3.77. The molecule has 0 aliphatic rings. The van der Waals surface area contributed by atoms with E-state index in [-0.39, 0.29) is 24.3 Å². The second-order valence-electron chi connectivity index (χ2n) is 5.66. The largest absolute Gasteiger partial charge is 0.352 e. The summed E-state index contributed by atoms with van der Waals surface area (Å²) in [6.07, 6.45) is 0.232. The Bertz CT molecular complexity index is 714. The van der Waals surface area contributed by atoms with Crippen molar-refractivity contribution in [3.05, 3.63) is 70.2 Å². The fraction of sp³-hybridized carbons (Fsp3) is 0.263. The number of rotatable bonds is 6. The summed E-state index contributed by atoms with van der Waals surface area (Å²) in [6.45, 7) is 4.09. The minimum Gasteiger partial charge on any atom is -0.352 e. The van der Waals surface area contributed by atoms with Crippen molar-refractivity contribution in [1.29, 1.82) is 0 Å². The van der Waals surface area contributed by atoms with E-state index in [0.717, 1.165) is 11.1 Å². The molecule has 0 aromatic heterocycles. The van der Waals surface area contributed by atoms with Gasteiger partial charge in [-0.1, -0.05) is 41.9 Å². The van der Waals surface area contributed by atoms with Crippen LogP contribution in [0.25, 0.3) is 0 Å². The maximum atomic E-state index is 12.1. The Balaban J connectivity index is 1.78. The summed E-state index contributed by atoms with van der Waals surface area (Å²) in [5, 5.41) is 6.34. The van der Waals surface area contributed by atoms with Crippen molar-refractivity contribution < 1.29 is 9.59 Å². The molecule has 0 saturated carbocycles. The fourth-order valence-electron chi connectivity index (χ4n) is 2.36. The molecule has 0 fully saturated rings. The lowest BCUT2D eigenvalue weighted by Gasteiger charge is -2.14. The molecule has 0 bridgehead atoms. The van der Waals surface area contributed by atoms with E-state index < -0.39 is 0 Å². The highest BCUT2D eigenvalue weighted by atomic mass is 35.5. The van der Waals surface area contributed by atoms with Gasteiger partial charge in [0, 0.05) is 23.6 Å². The molecule has 1 unspecified atom stereocenters. The van der Waals surface area contributed by atoms with Crippen LogP contribution in [0.2, 0.25) is 5.02 Å². The van der Waals surface area contributed by atoms with E-state index in [9.17, 15) is 9.59 Å². The number of halogens is 1. The van der Waals surface area contributed by atoms with Gasteiger partial charge in [-0.3, -0.25) is 9.59 Å². The van der Waals surface area contributed by atoms with Gasteiger partial charge in [0.05, 0.1) is 6.04 Å². The summed E-state index contributed by atoms with van der Waals surface area (Å²) in [5.41, 5.74) is 2.53. The highest BCUT2D eigenvalue weighted by molar-refractivity contribution is 6.30. The highest BCUT2D eigenvalue weighted by Gasteiger charge is 2.11. The van der Waals surface area contributed by atoms with Crippen LogP contribution in [0, 0.1) is 6.92 Å². The monoisotopic (exact) mass is 344 g/mol. The molecule has 0 saturated heterocycles. The first-order valence-corrected chi connectivity index (χ1v) is 8.24. The number of hydrogen-bond acceptors (Lipinski definition) is 2. The third kappa shape index (κ3) is 5.10. The molecule has 2 amide bonds. The Morgan fingerprint density at radius 1 is 1.08 bits per heavy atom. The van der Waals surface area contributed by atoms with Crippen molar-refractivity contribution in [2.45, 2.75) is 26.3 Å². The van der Waals surface area contributed by atoms with Crippen LogP contribution in [0.3, 0.4) is 0 Å². The van der Waals surface area contributed by atoms with E-state index in [4.69, 9.17) is 11.6 Å². The predicted octanol–water partition coefficient (Wildman–Crippen LogP) is 3.65. The molecule has 0 radical (unpaired) electrons. The van der Waals surface area contributed by atoms with Gasteiger partial charge in [-0.05, 0) is 43.2 Å². The first kappa shape index (κ1) is 18.0. The van der Waals surface area contributed by atoms with E-state index in [2.05, 4.69) is 10.6 Å². The van der Waals surface area contributed by atoms with Gasteiger partial charge >= 0.3 is 0 Å². The Morgan fingerprint density at radius 3 is 2.42 bits per heavy atom. The predicted molar refractivity (Wildman–Crippen MR) is 96.1 cm³/mol. The first-order valence-electron chi connectivity index (χ1n) is 7.86. The van der Waals surface area contributed by atoms with Gasteiger partial charge in [-0.15, -0.1) is 0 Å². The normalized spacial score (nSPS) is 11.6. The number of benzene rings is 2. The minimum absolute atomic E-state index is 0.109. The van der Waals surface area contributed by atoms with Crippen LogP contribution in [-0.4, -0.2) is 18.4 Å². The number of aryl methyl sites for hydroxylation is 1. The van der Waals surface area contributed by atoms with E-state index in [1.165, 1.54) is 0 Å². The van der Waals surface area contributed by atoms with Gasteiger partial charge in [-0.2, -0.15) is 0 Å². The van der Waals surface area contributed by atoms with E-state index in [1.54, 1.807) is 18.2 Å². The van der Waals surface area contributed by atoms with Gasteiger partial charge in [-0.25, -0.2) is 0 Å². The summed E-state index contributed by atoms with van der Waals surface area (Å²) >= 11 is 5.85. The lowest BCUT2D eigenvalue weighted by Crippen LogP contribution is -2.32. The van der Waals surface area contributed by atoms with Crippen molar-refractivity contribution in [2.24, 2.45) is 0 Å². The molecule has 2 aromatic rings. The highest BCUT2D eigenvalue weighted by Crippen LogP contribution is 2.16. The molecule has 5 heteroatoms. The van der Waals surface area contributed by atoms with Crippen molar-refractivity contribution in [3.8, 4) is 0 Å². The van der Waals surface area contributed by atoms with Gasteiger partial charge in [0.1, 0.15) is 0 Å². The zero-order valence-electron chi connectivity index (χ0n) is 13.8. The van der Waals surface area contributed by atoms with Gasteiger partial charge in [0.2, 0.25) is 5.91 Å². The number of hydrogen-bond donors (Lipinski definition) is 2.